The number of hydrogen-bond acceptors (Lipinski definition) is 4. The maximum atomic E-state index is 12.4. The molecule has 0 bridgehead atoms. The fraction of sp³-hybridized carbons (Fsp3) is 0.562. The lowest BCUT2D eigenvalue weighted by molar-refractivity contribution is 0.0930. The van der Waals surface area contributed by atoms with E-state index in [-0.39, 0.29) is 25.0 Å². The molecule has 0 aliphatic carbocycles. The number of Topliss-reactive ketones (excluding diaryl/α,β-unsaturated/α-hetero) is 1. The van der Waals surface area contributed by atoms with Crippen LogP contribution in [0.2, 0.25) is 0 Å². The molecule has 1 fully saturated rings. The van der Waals surface area contributed by atoms with Crippen molar-refractivity contribution in [2.45, 2.75) is 38.6 Å². The first kappa shape index (κ1) is 16.1. The summed E-state index contributed by atoms with van der Waals surface area (Å²) in [5, 5.41) is 0. The number of ketones is 1. The van der Waals surface area contributed by atoms with Crippen molar-refractivity contribution in [2.24, 2.45) is 0 Å². The van der Waals surface area contributed by atoms with Crippen molar-refractivity contribution >= 4 is 18.2 Å². The van der Waals surface area contributed by atoms with Gasteiger partial charge in [0.25, 0.3) is 0 Å². The van der Waals surface area contributed by atoms with Gasteiger partial charge in [0, 0.05) is 18.0 Å². The predicted octanol–water partition coefficient (Wildman–Crippen LogP) is 3.28. The highest BCUT2D eigenvalue weighted by Crippen LogP contribution is 2.33. The molecule has 2 aliphatic heterocycles. The summed E-state index contributed by atoms with van der Waals surface area (Å²) < 4.78 is 10.6. The van der Waals surface area contributed by atoms with Gasteiger partial charge in [-0.25, -0.2) is 0 Å². The fourth-order valence-corrected chi connectivity index (χ4v) is 3.04. The first-order valence-electron chi connectivity index (χ1n) is 7.45. The van der Waals surface area contributed by atoms with Crippen LogP contribution >= 0.6 is 12.4 Å². The van der Waals surface area contributed by atoms with Gasteiger partial charge in [0.1, 0.15) is 0 Å². The van der Waals surface area contributed by atoms with Crippen molar-refractivity contribution in [1.29, 1.82) is 0 Å². The Hall–Kier alpha value is -1.26. The largest absolute Gasteiger partial charge is 0.454 e. The number of carbonyl (C=O) groups excluding carboxylic acids is 1. The second kappa shape index (κ2) is 7.14. The molecule has 0 amide bonds. The van der Waals surface area contributed by atoms with Crippen LogP contribution in [0.3, 0.4) is 0 Å². The second-order valence-electron chi connectivity index (χ2n) is 5.50. The van der Waals surface area contributed by atoms with Gasteiger partial charge in [0.2, 0.25) is 6.79 Å². The van der Waals surface area contributed by atoms with E-state index in [4.69, 9.17) is 9.47 Å². The Labute approximate surface area is 131 Å². The average Bonchev–Trinajstić information content (AvgIpc) is 3.14. The normalized spacial score (nSPS) is 18.3. The third-order valence-electron chi connectivity index (χ3n) is 4.24. The van der Waals surface area contributed by atoms with Gasteiger partial charge in [-0.2, -0.15) is 0 Å². The van der Waals surface area contributed by atoms with Crippen molar-refractivity contribution in [2.75, 3.05) is 19.9 Å². The van der Waals surface area contributed by atoms with Crippen molar-refractivity contribution in [3.8, 4) is 11.5 Å². The van der Waals surface area contributed by atoms with Crippen LogP contribution in [0.25, 0.3) is 0 Å². The topological polar surface area (TPSA) is 38.8 Å². The Balaban J connectivity index is 0.00000161. The SMILES string of the molecule is CCC(CC(=O)c1ccc2c(c1)OCO2)N1CCCC1.Cl. The number of benzene rings is 1. The molecule has 1 aromatic rings. The van der Waals surface area contributed by atoms with Crippen LogP contribution in [-0.2, 0) is 0 Å². The van der Waals surface area contributed by atoms with Crippen LogP contribution in [0.5, 0.6) is 11.5 Å². The van der Waals surface area contributed by atoms with Crippen molar-refractivity contribution in [3.05, 3.63) is 23.8 Å². The molecule has 0 spiro atoms. The third kappa shape index (κ3) is 3.50. The minimum atomic E-state index is 0. The second-order valence-corrected chi connectivity index (χ2v) is 5.50. The first-order valence-corrected chi connectivity index (χ1v) is 7.45. The van der Waals surface area contributed by atoms with Gasteiger partial charge in [-0.15, -0.1) is 12.4 Å². The van der Waals surface area contributed by atoms with E-state index >= 15 is 0 Å². The Morgan fingerprint density at radius 3 is 2.67 bits per heavy atom. The number of hydrogen-bond donors (Lipinski definition) is 0. The van der Waals surface area contributed by atoms with Gasteiger partial charge in [-0.1, -0.05) is 6.92 Å². The molecule has 5 heteroatoms. The van der Waals surface area contributed by atoms with Crippen molar-refractivity contribution in [1.82, 2.24) is 4.90 Å². The summed E-state index contributed by atoms with van der Waals surface area (Å²) in [6, 6.07) is 5.84. The molecule has 0 saturated carbocycles. The lowest BCUT2D eigenvalue weighted by atomic mass is 10.0. The zero-order valence-electron chi connectivity index (χ0n) is 12.3. The van der Waals surface area contributed by atoms with E-state index in [1.54, 1.807) is 6.07 Å². The van der Waals surface area contributed by atoms with Gasteiger partial charge in [-0.3, -0.25) is 9.69 Å². The van der Waals surface area contributed by atoms with Gasteiger partial charge in [-0.05, 0) is 50.6 Å². The minimum absolute atomic E-state index is 0. The van der Waals surface area contributed by atoms with Crippen LogP contribution in [-0.4, -0.2) is 36.6 Å². The number of halogens is 1. The number of fused-ring (bicyclic) bond motifs is 1. The summed E-state index contributed by atoms with van der Waals surface area (Å²) in [5.74, 6) is 1.61. The van der Waals surface area contributed by atoms with Gasteiger partial charge < -0.3 is 9.47 Å². The minimum Gasteiger partial charge on any atom is -0.454 e. The van der Waals surface area contributed by atoms with Gasteiger partial charge >= 0.3 is 0 Å². The molecule has 3 rings (SSSR count). The van der Waals surface area contributed by atoms with Gasteiger partial charge in [0.05, 0.1) is 0 Å². The van der Waals surface area contributed by atoms with E-state index < -0.39 is 0 Å². The summed E-state index contributed by atoms with van der Waals surface area (Å²) in [6.45, 7) is 4.67. The van der Waals surface area contributed by atoms with E-state index in [1.807, 2.05) is 12.1 Å². The lowest BCUT2D eigenvalue weighted by Gasteiger charge is -2.25. The van der Waals surface area contributed by atoms with Crippen molar-refractivity contribution in [3.63, 3.8) is 0 Å². The highest BCUT2D eigenvalue weighted by atomic mass is 35.5. The number of rotatable bonds is 5. The molecule has 2 aliphatic rings. The Morgan fingerprint density at radius 1 is 1.24 bits per heavy atom. The quantitative estimate of drug-likeness (QED) is 0.782. The van der Waals surface area contributed by atoms with E-state index in [0.717, 1.165) is 30.8 Å². The summed E-state index contributed by atoms with van der Waals surface area (Å²) >= 11 is 0. The molecule has 2 heterocycles. The summed E-state index contributed by atoms with van der Waals surface area (Å²) in [4.78, 5) is 14.9. The Bertz CT molecular complexity index is 500. The van der Waals surface area contributed by atoms with Crippen LogP contribution in [0.1, 0.15) is 43.0 Å². The average molecular weight is 312 g/mol. The molecule has 0 N–H and O–H groups in total. The molecule has 1 unspecified atom stereocenters. The molecule has 116 valence electrons. The lowest BCUT2D eigenvalue weighted by Crippen LogP contribution is -2.34. The van der Waals surface area contributed by atoms with Crippen molar-refractivity contribution < 1.29 is 14.3 Å². The summed E-state index contributed by atoms with van der Waals surface area (Å²) in [5.41, 5.74) is 0.729. The van der Waals surface area contributed by atoms with Gasteiger partial charge in [0.15, 0.2) is 17.3 Å². The number of ether oxygens (including phenoxy) is 2. The Kier molecular flexibility index (Phi) is 5.48. The molecular formula is C16H22ClNO3. The van der Waals surface area contributed by atoms with Crippen LogP contribution in [0, 0.1) is 0 Å². The number of likely N-dealkylation sites (tertiary alicyclic amines) is 1. The molecule has 0 aromatic heterocycles. The number of nitrogens with zero attached hydrogens (tertiary/aromatic N) is 1. The first-order chi connectivity index (χ1) is 9.78. The summed E-state index contributed by atoms with van der Waals surface area (Å²) in [6.07, 6.45) is 4.13. The predicted molar refractivity (Wildman–Crippen MR) is 83.6 cm³/mol. The Morgan fingerprint density at radius 2 is 1.95 bits per heavy atom. The monoisotopic (exact) mass is 311 g/mol. The molecular weight excluding hydrogens is 290 g/mol. The van der Waals surface area contributed by atoms with E-state index in [0.29, 0.717) is 18.2 Å². The highest BCUT2D eigenvalue weighted by molar-refractivity contribution is 5.97. The van der Waals surface area contributed by atoms with E-state index in [9.17, 15) is 4.79 Å². The molecule has 1 aromatic carbocycles. The molecule has 0 radical (unpaired) electrons. The van der Waals surface area contributed by atoms with Crippen LogP contribution in [0.15, 0.2) is 18.2 Å². The number of carbonyl (C=O) groups is 1. The maximum Gasteiger partial charge on any atom is 0.231 e. The summed E-state index contributed by atoms with van der Waals surface area (Å²) in [7, 11) is 0. The third-order valence-corrected chi connectivity index (χ3v) is 4.24. The van der Waals surface area contributed by atoms with E-state index in [1.165, 1.54) is 12.8 Å². The molecule has 1 atom stereocenters. The maximum absolute atomic E-state index is 12.4. The highest BCUT2D eigenvalue weighted by Gasteiger charge is 2.24. The van der Waals surface area contributed by atoms with Crippen LogP contribution < -0.4 is 9.47 Å². The standard InChI is InChI=1S/C16H21NO3.ClH/c1-2-13(17-7-3-4-8-17)10-14(18)12-5-6-15-16(9-12)20-11-19-15;/h5-6,9,13H,2-4,7-8,10-11H2,1H3;1H. The molecule has 21 heavy (non-hydrogen) atoms. The zero-order valence-corrected chi connectivity index (χ0v) is 13.2. The molecule has 1 saturated heterocycles. The van der Waals surface area contributed by atoms with Crippen LogP contribution in [0.4, 0.5) is 0 Å². The zero-order chi connectivity index (χ0) is 13.9. The smallest absolute Gasteiger partial charge is 0.231 e. The fourth-order valence-electron chi connectivity index (χ4n) is 3.04. The van der Waals surface area contributed by atoms with E-state index in [2.05, 4.69) is 11.8 Å². The molecule has 4 nitrogen and oxygen atoms in total.